The van der Waals surface area contributed by atoms with Crippen molar-refractivity contribution in [1.29, 1.82) is 0 Å². The van der Waals surface area contributed by atoms with Crippen LogP contribution in [-0.2, 0) is 21.3 Å². The summed E-state index contributed by atoms with van der Waals surface area (Å²) in [6.07, 6.45) is 2.74. The second kappa shape index (κ2) is 8.42. The van der Waals surface area contributed by atoms with Gasteiger partial charge in [-0.25, -0.2) is 13.4 Å². The number of benzene rings is 1. The molecule has 0 spiro atoms. The second-order valence-corrected chi connectivity index (χ2v) is 9.01. The van der Waals surface area contributed by atoms with Gasteiger partial charge in [-0.3, -0.25) is 4.79 Å². The van der Waals surface area contributed by atoms with E-state index in [0.717, 1.165) is 18.4 Å². The molecule has 1 aliphatic heterocycles. The highest BCUT2D eigenvalue weighted by Gasteiger charge is 2.28. The fourth-order valence-corrected chi connectivity index (χ4v) is 4.30. The summed E-state index contributed by atoms with van der Waals surface area (Å²) < 4.78 is 37.2. The number of hydrogen-bond donors (Lipinski definition) is 1. The predicted molar refractivity (Wildman–Crippen MR) is 102 cm³/mol. The van der Waals surface area contributed by atoms with Crippen molar-refractivity contribution >= 4 is 15.9 Å². The SMILES string of the molecule is CC(C)N(C)S(=O)(=O)c1ccc(CNC(=O)c2ncoc2C2CCCO2)cc1. The van der Waals surface area contributed by atoms with Crippen LogP contribution in [0.1, 0.15) is 54.6 Å². The molecule has 2 heterocycles. The van der Waals surface area contributed by atoms with Gasteiger partial charge in [0.15, 0.2) is 17.8 Å². The van der Waals surface area contributed by atoms with E-state index in [9.17, 15) is 13.2 Å². The lowest BCUT2D eigenvalue weighted by molar-refractivity contribution is 0.0860. The highest BCUT2D eigenvalue weighted by atomic mass is 32.2. The maximum atomic E-state index is 12.5. The highest BCUT2D eigenvalue weighted by Crippen LogP contribution is 2.30. The van der Waals surface area contributed by atoms with Crippen molar-refractivity contribution < 1.29 is 22.4 Å². The molecular weight excluding hydrogens is 382 g/mol. The summed E-state index contributed by atoms with van der Waals surface area (Å²) in [7, 11) is -1.97. The molecule has 8 nitrogen and oxygen atoms in total. The summed E-state index contributed by atoms with van der Waals surface area (Å²) in [5, 5.41) is 2.79. The van der Waals surface area contributed by atoms with Gasteiger partial charge in [0.2, 0.25) is 10.0 Å². The third kappa shape index (κ3) is 4.26. The van der Waals surface area contributed by atoms with Crippen LogP contribution in [0.15, 0.2) is 40.0 Å². The number of sulfonamides is 1. The smallest absolute Gasteiger partial charge is 0.273 e. The average Bonchev–Trinajstić information content (AvgIpc) is 3.36. The largest absolute Gasteiger partial charge is 0.445 e. The van der Waals surface area contributed by atoms with E-state index in [4.69, 9.17) is 9.15 Å². The zero-order valence-corrected chi connectivity index (χ0v) is 17.0. The van der Waals surface area contributed by atoms with Gasteiger partial charge in [0.25, 0.3) is 5.91 Å². The molecule has 0 aliphatic carbocycles. The molecule has 0 bridgehead atoms. The third-order valence-electron chi connectivity index (χ3n) is 4.81. The van der Waals surface area contributed by atoms with Crippen molar-refractivity contribution in [2.75, 3.05) is 13.7 Å². The van der Waals surface area contributed by atoms with Crippen molar-refractivity contribution in [3.8, 4) is 0 Å². The Morgan fingerprint density at radius 3 is 2.64 bits per heavy atom. The molecule has 1 aliphatic rings. The quantitative estimate of drug-likeness (QED) is 0.757. The van der Waals surface area contributed by atoms with Crippen LogP contribution in [0.5, 0.6) is 0 Å². The number of carbonyl (C=O) groups is 1. The van der Waals surface area contributed by atoms with E-state index in [1.165, 1.54) is 10.7 Å². The molecule has 1 aromatic carbocycles. The van der Waals surface area contributed by atoms with Crippen LogP contribution in [0.2, 0.25) is 0 Å². The van der Waals surface area contributed by atoms with Crippen LogP contribution in [0, 0.1) is 0 Å². The Labute approximate surface area is 164 Å². The van der Waals surface area contributed by atoms with Gasteiger partial charge in [0, 0.05) is 26.2 Å². The van der Waals surface area contributed by atoms with Crippen molar-refractivity contribution in [1.82, 2.24) is 14.6 Å². The van der Waals surface area contributed by atoms with Crippen LogP contribution in [0.4, 0.5) is 0 Å². The number of nitrogens with one attached hydrogen (secondary N) is 1. The van der Waals surface area contributed by atoms with Crippen molar-refractivity contribution in [2.45, 2.75) is 50.3 Å². The molecule has 28 heavy (non-hydrogen) atoms. The molecule has 1 unspecified atom stereocenters. The number of oxazole rings is 1. The second-order valence-electron chi connectivity index (χ2n) is 7.01. The molecule has 0 radical (unpaired) electrons. The van der Waals surface area contributed by atoms with Crippen LogP contribution < -0.4 is 5.32 Å². The standard InChI is InChI=1S/C19H25N3O5S/c1-13(2)22(3)28(24,25)15-8-6-14(7-9-15)11-20-19(23)17-18(27-12-21-17)16-5-4-10-26-16/h6-9,12-13,16H,4-5,10-11H2,1-3H3,(H,20,23). The summed E-state index contributed by atoms with van der Waals surface area (Å²) in [6.45, 7) is 4.52. The van der Waals surface area contributed by atoms with Gasteiger partial charge in [0.05, 0.1) is 4.90 Å². The molecule has 152 valence electrons. The fraction of sp³-hybridized carbons (Fsp3) is 0.474. The van der Waals surface area contributed by atoms with Gasteiger partial charge in [-0.15, -0.1) is 0 Å². The van der Waals surface area contributed by atoms with Crippen LogP contribution in [0.25, 0.3) is 0 Å². The summed E-state index contributed by atoms with van der Waals surface area (Å²) in [5.74, 6) is 0.101. The first-order chi connectivity index (χ1) is 13.3. The first-order valence-electron chi connectivity index (χ1n) is 9.21. The normalized spacial score (nSPS) is 17.4. The lowest BCUT2D eigenvalue weighted by Gasteiger charge is -2.21. The van der Waals surface area contributed by atoms with Crippen LogP contribution in [-0.4, -0.2) is 43.3 Å². The Balaban J connectivity index is 1.64. The lowest BCUT2D eigenvalue weighted by atomic mass is 10.1. The van der Waals surface area contributed by atoms with Crippen molar-refractivity contribution in [3.63, 3.8) is 0 Å². The predicted octanol–water partition coefficient (Wildman–Crippen LogP) is 2.49. The van der Waals surface area contributed by atoms with Gasteiger partial charge < -0.3 is 14.5 Å². The van der Waals surface area contributed by atoms with E-state index in [2.05, 4.69) is 10.3 Å². The highest BCUT2D eigenvalue weighted by molar-refractivity contribution is 7.89. The van der Waals surface area contributed by atoms with Crippen LogP contribution in [0.3, 0.4) is 0 Å². The van der Waals surface area contributed by atoms with Crippen LogP contribution >= 0.6 is 0 Å². The van der Waals surface area contributed by atoms with E-state index in [1.807, 2.05) is 13.8 Å². The molecule has 1 aromatic heterocycles. The maximum absolute atomic E-state index is 12.5. The Morgan fingerprint density at radius 1 is 1.32 bits per heavy atom. The zero-order chi connectivity index (χ0) is 20.3. The molecule has 1 atom stereocenters. The molecule has 3 rings (SSSR count). The molecule has 2 aromatic rings. The molecule has 1 fully saturated rings. The van der Waals surface area contributed by atoms with E-state index in [-0.39, 0.29) is 35.2 Å². The molecular formula is C19H25N3O5S. The first kappa shape index (κ1) is 20.5. The summed E-state index contributed by atoms with van der Waals surface area (Å²) in [5.41, 5.74) is 1.01. The fourth-order valence-electron chi connectivity index (χ4n) is 2.93. The summed E-state index contributed by atoms with van der Waals surface area (Å²) >= 11 is 0. The molecule has 1 amide bonds. The monoisotopic (exact) mass is 407 g/mol. The van der Waals surface area contributed by atoms with E-state index < -0.39 is 10.0 Å². The number of nitrogens with zero attached hydrogens (tertiary/aromatic N) is 2. The minimum Gasteiger partial charge on any atom is -0.445 e. The van der Waals surface area contributed by atoms with Gasteiger partial charge in [-0.05, 0) is 44.4 Å². The van der Waals surface area contributed by atoms with E-state index >= 15 is 0 Å². The number of amides is 1. The Hall–Kier alpha value is -2.23. The number of carbonyl (C=O) groups excluding carboxylic acids is 1. The Kier molecular flexibility index (Phi) is 6.17. The topological polar surface area (TPSA) is 102 Å². The first-order valence-corrected chi connectivity index (χ1v) is 10.6. The molecule has 1 N–H and O–H groups in total. The maximum Gasteiger partial charge on any atom is 0.273 e. The third-order valence-corrected chi connectivity index (χ3v) is 6.86. The van der Waals surface area contributed by atoms with E-state index in [0.29, 0.717) is 12.4 Å². The molecule has 1 saturated heterocycles. The Morgan fingerprint density at radius 2 is 2.04 bits per heavy atom. The van der Waals surface area contributed by atoms with Gasteiger partial charge in [-0.2, -0.15) is 4.31 Å². The zero-order valence-electron chi connectivity index (χ0n) is 16.2. The minimum absolute atomic E-state index is 0.135. The number of ether oxygens (including phenoxy) is 1. The molecule has 0 saturated carbocycles. The molecule has 9 heteroatoms. The van der Waals surface area contributed by atoms with Gasteiger partial charge in [-0.1, -0.05) is 12.1 Å². The average molecular weight is 407 g/mol. The number of aromatic nitrogens is 1. The number of rotatable bonds is 7. The minimum atomic E-state index is -3.53. The number of hydrogen-bond acceptors (Lipinski definition) is 6. The van der Waals surface area contributed by atoms with Crippen molar-refractivity contribution in [3.05, 3.63) is 47.7 Å². The van der Waals surface area contributed by atoms with Gasteiger partial charge in [0.1, 0.15) is 6.10 Å². The van der Waals surface area contributed by atoms with Crippen molar-refractivity contribution in [2.24, 2.45) is 0 Å². The lowest BCUT2D eigenvalue weighted by Crippen LogP contribution is -2.33. The summed E-state index contributed by atoms with van der Waals surface area (Å²) in [4.78, 5) is 16.7. The van der Waals surface area contributed by atoms with Gasteiger partial charge >= 0.3 is 0 Å². The Bertz CT molecular complexity index is 915. The van der Waals surface area contributed by atoms with E-state index in [1.54, 1.807) is 31.3 Å². The summed E-state index contributed by atoms with van der Waals surface area (Å²) in [6, 6.07) is 6.33.